The normalized spacial score (nSPS) is 42.9. The van der Waals surface area contributed by atoms with E-state index in [1.165, 1.54) is 44.9 Å². The van der Waals surface area contributed by atoms with Crippen LogP contribution in [0.1, 0.15) is 77.2 Å². The second-order valence-corrected chi connectivity index (χ2v) is 11.0. The molecule has 6 atom stereocenters. The Labute approximate surface area is 176 Å². The van der Waals surface area contributed by atoms with Crippen molar-refractivity contribution in [3.8, 4) is 5.75 Å². The van der Waals surface area contributed by atoms with Gasteiger partial charge in [-0.15, -0.1) is 0 Å². The van der Waals surface area contributed by atoms with Gasteiger partial charge >= 0.3 is 0 Å². The number of ketones is 1. The van der Waals surface area contributed by atoms with E-state index in [9.17, 15) is 4.79 Å². The molecule has 1 aromatic rings. The topological polar surface area (TPSA) is 26.3 Å². The van der Waals surface area contributed by atoms with Crippen LogP contribution in [0.3, 0.4) is 0 Å². The highest BCUT2D eigenvalue weighted by molar-refractivity contribution is 6.00. The Balaban J connectivity index is 1.43. The molecule has 29 heavy (non-hydrogen) atoms. The third-order valence-electron chi connectivity index (χ3n) is 9.66. The van der Waals surface area contributed by atoms with E-state index in [1.807, 2.05) is 12.1 Å². The van der Waals surface area contributed by atoms with E-state index in [0.29, 0.717) is 22.5 Å². The zero-order valence-electron chi connectivity index (χ0n) is 18.4. The molecule has 0 saturated heterocycles. The Bertz CT molecular complexity index is 821. The highest BCUT2D eigenvalue weighted by atomic mass is 16.5. The molecule has 0 radical (unpaired) electrons. The van der Waals surface area contributed by atoms with Crippen LogP contribution in [0, 0.1) is 34.5 Å². The molecule has 156 valence electrons. The Morgan fingerprint density at radius 2 is 1.79 bits per heavy atom. The molecule has 1 aromatic carbocycles. The van der Waals surface area contributed by atoms with E-state index in [4.69, 9.17) is 4.74 Å². The summed E-state index contributed by atoms with van der Waals surface area (Å²) in [4.78, 5) is 13.0. The van der Waals surface area contributed by atoms with Gasteiger partial charge in [-0.2, -0.15) is 0 Å². The molecule has 5 rings (SSSR count). The summed E-state index contributed by atoms with van der Waals surface area (Å²) in [6.45, 7) is 5.12. The average Bonchev–Trinajstić information content (AvgIpc) is 3.11. The molecule has 0 N–H and O–H groups in total. The van der Waals surface area contributed by atoms with Gasteiger partial charge in [-0.1, -0.05) is 32.4 Å². The van der Waals surface area contributed by atoms with Gasteiger partial charge in [-0.25, -0.2) is 0 Å². The Hall–Kier alpha value is -1.57. The summed E-state index contributed by atoms with van der Waals surface area (Å²) in [5, 5.41) is 0. The van der Waals surface area contributed by atoms with Crippen LogP contribution >= 0.6 is 0 Å². The monoisotopic (exact) mass is 392 g/mol. The van der Waals surface area contributed by atoms with E-state index in [1.54, 1.807) is 7.11 Å². The maximum atomic E-state index is 13.0. The molecule has 2 heteroatoms. The van der Waals surface area contributed by atoms with Gasteiger partial charge in [0, 0.05) is 6.42 Å². The maximum Gasteiger partial charge on any atom is 0.159 e. The smallest absolute Gasteiger partial charge is 0.159 e. The van der Waals surface area contributed by atoms with Crippen molar-refractivity contribution in [3.63, 3.8) is 0 Å². The lowest BCUT2D eigenvalue weighted by Crippen LogP contribution is -2.53. The molecule has 4 fully saturated rings. The van der Waals surface area contributed by atoms with Crippen molar-refractivity contribution in [1.29, 1.82) is 0 Å². The molecular weight excluding hydrogens is 356 g/mol. The molecule has 0 spiro atoms. The van der Waals surface area contributed by atoms with Crippen LogP contribution in [0.5, 0.6) is 5.75 Å². The molecule has 0 bridgehead atoms. The molecule has 0 heterocycles. The van der Waals surface area contributed by atoms with Crippen LogP contribution in [0.25, 0.3) is 6.08 Å². The summed E-state index contributed by atoms with van der Waals surface area (Å²) in [7, 11) is 1.69. The highest BCUT2D eigenvalue weighted by Crippen LogP contribution is 2.66. The quantitative estimate of drug-likeness (QED) is 0.524. The van der Waals surface area contributed by atoms with Crippen LogP contribution in [0.4, 0.5) is 0 Å². The fraction of sp³-hybridized carbons (Fsp3) is 0.667. The number of benzene rings is 1. The Morgan fingerprint density at radius 1 is 1.00 bits per heavy atom. The molecule has 6 unspecified atom stereocenters. The number of fused-ring (bicyclic) bond motifs is 5. The first-order valence-electron chi connectivity index (χ1n) is 11.8. The largest absolute Gasteiger partial charge is 0.497 e. The van der Waals surface area contributed by atoms with Gasteiger partial charge in [-0.05, 0) is 109 Å². The number of allylic oxidation sites excluding steroid dienone is 1. The first-order valence-corrected chi connectivity index (χ1v) is 11.8. The summed E-state index contributed by atoms with van der Waals surface area (Å²) < 4.78 is 5.28. The Kier molecular flexibility index (Phi) is 4.68. The number of Topliss-reactive ketones (excluding diaryl/α,β-unsaturated/α-hetero) is 1. The second kappa shape index (κ2) is 7.00. The van der Waals surface area contributed by atoms with Gasteiger partial charge < -0.3 is 4.74 Å². The number of carbonyl (C=O) groups excluding carboxylic acids is 1. The number of hydrogen-bond acceptors (Lipinski definition) is 2. The molecular formula is C27H36O2. The first kappa shape index (κ1) is 19.4. The predicted molar refractivity (Wildman–Crippen MR) is 118 cm³/mol. The van der Waals surface area contributed by atoms with Crippen LogP contribution in [-0.4, -0.2) is 12.9 Å². The molecule has 0 amide bonds. The van der Waals surface area contributed by atoms with Gasteiger partial charge in [-0.3, -0.25) is 4.79 Å². The fourth-order valence-electron chi connectivity index (χ4n) is 8.04. The van der Waals surface area contributed by atoms with E-state index in [2.05, 4.69) is 32.1 Å². The van der Waals surface area contributed by atoms with Crippen LogP contribution in [0.2, 0.25) is 0 Å². The van der Waals surface area contributed by atoms with Gasteiger partial charge in [0.15, 0.2) is 5.78 Å². The van der Waals surface area contributed by atoms with Gasteiger partial charge in [0.1, 0.15) is 5.75 Å². The second-order valence-electron chi connectivity index (χ2n) is 11.0. The van der Waals surface area contributed by atoms with Gasteiger partial charge in [0.05, 0.1) is 7.11 Å². The molecule has 4 saturated carbocycles. The lowest BCUT2D eigenvalue weighted by Gasteiger charge is -2.60. The zero-order chi connectivity index (χ0) is 20.2. The lowest BCUT2D eigenvalue weighted by atomic mass is 9.45. The van der Waals surface area contributed by atoms with Crippen molar-refractivity contribution in [3.05, 3.63) is 35.4 Å². The van der Waals surface area contributed by atoms with E-state index in [0.717, 1.165) is 47.5 Å². The minimum Gasteiger partial charge on any atom is -0.497 e. The number of ether oxygens (including phenoxy) is 1. The van der Waals surface area contributed by atoms with Crippen molar-refractivity contribution in [2.75, 3.05) is 7.11 Å². The van der Waals surface area contributed by atoms with Crippen molar-refractivity contribution in [2.24, 2.45) is 34.5 Å². The number of hydrogen-bond donors (Lipinski definition) is 0. The number of rotatable bonds is 2. The van der Waals surface area contributed by atoms with Crippen LogP contribution in [-0.2, 0) is 4.79 Å². The molecule has 2 nitrogen and oxygen atoms in total. The van der Waals surface area contributed by atoms with Crippen molar-refractivity contribution in [1.82, 2.24) is 0 Å². The van der Waals surface area contributed by atoms with E-state index in [-0.39, 0.29) is 0 Å². The van der Waals surface area contributed by atoms with Crippen molar-refractivity contribution in [2.45, 2.75) is 71.6 Å². The summed E-state index contributed by atoms with van der Waals surface area (Å²) in [6, 6.07) is 8.12. The van der Waals surface area contributed by atoms with Gasteiger partial charge in [0.2, 0.25) is 0 Å². The van der Waals surface area contributed by atoms with Crippen molar-refractivity contribution >= 4 is 11.9 Å². The van der Waals surface area contributed by atoms with E-state index >= 15 is 0 Å². The molecule has 0 aromatic heterocycles. The highest BCUT2D eigenvalue weighted by Gasteiger charge is 2.58. The fourth-order valence-corrected chi connectivity index (χ4v) is 8.04. The minimum atomic E-state index is 0.305. The molecule has 0 aliphatic heterocycles. The number of carbonyl (C=O) groups is 1. The summed E-state index contributed by atoms with van der Waals surface area (Å²) in [5.74, 6) is 4.49. The predicted octanol–water partition coefficient (Wildman–Crippen LogP) is 6.69. The summed E-state index contributed by atoms with van der Waals surface area (Å²) in [6.07, 6.45) is 13.7. The third kappa shape index (κ3) is 3.09. The summed E-state index contributed by atoms with van der Waals surface area (Å²) >= 11 is 0. The zero-order valence-corrected chi connectivity index (χ0v) is 18.4. The molecule has 4 aliphatic rings. The minimum absolute atomic E-state index is 0.305. The first-order chi connectivity index (χ1) is 13.9. The lowest BCUT2D eigenvalue weighted by molar-refractivity contribution is -0.130. The SMILES string of the molecule is COc1ccc(C=C2CC3(C)C(CCC4C5CCCC5(C)CCC43)CC2=O)cc1. The van der Waals surface area contributed by atoms with Crippen LogP contribution < -0.4 is 4.74 Å². The standard InChI is InChI=1S/C27H36O2/c1-26-13-4-5-23(26)22-11-8-20-16-25(28)19(17-27(20,2)24(22)12-14-26)15-18-6-9-21(29-3)10-7-18/h6-7,9-10,15,20,22-24H,4-5,8,11-14,16-17H2,1-3H3. The maximum absolute atomic E-state index is 13.0. The molecule has 4 aliphatic carbocycles. The van der Waals surface area contributed by atoms with Crippen LogP contribution in [0.15, 0.2) is 29.8 Å². The number of methoxy groups -OCH3 is 1. The van der Waals surface area contributed by atoms with Crippen molar-refractivity contribution < 1.29 is 9.53 Å². The average molecular weight is 393 g/mol. The van der Waals surface area contributed by atoms with Gasteiger partial charge in [0.25, 0.3) is 0 Å². The van der Waals surface area contributed by atoms with E-state index < -0.39 is 0 Å². The third-order valence-corrected chi connectivity index (χ3v) is 9.66. The summed E-state index contributed by atoms with van der Waals surface area (Å²) in [5.41, 5.74) is 3.10. The Morgan fingerprint density at radius 3 is 2.55 bits per heavy atom.